The summed E-state index contributed by atoms with van der Waals surface area (Å²) in [6.07, 6.45) is 0.830. The Morgan fingerprint density at radius 3 is 2.89 bits per heavy atom. The van der Waals surface area contributed by atoms with Gasteiger partial charge < -0.3 is 4.74 Å². The average molecular weight is 275 g/mol. The van der Waals surface area contributed by atoms with Crippen molar-refractivity contribution in [1.29, 1.82) is 0 Å². The summed E-state index contributed by atoms with van der Waals surface area (Å²) in [7, 11) is 0. The Balaban J connectivity index is 2.01. The van der Waals surface area contributed by atoms with Gasteiger partial charge in [0.1, 0.15) is 5.75 Å². The van der Waals surface area contributed by atoms with Crippen LogP contribution in [0, 0.1) is 5.92 Å². The van der Waals surface area contributed by atoms with Crippen LogP contribution < -0.4 is 4.74 Å². The molecule has 2 nitrogen and oxygen atoms in total. The molecule has 0 N–H and O–H groups in total. The lowest BCUT2D eigenvalue weighted by Gasteiger charge is -2.14. The molecular weight excluding hydrogens is 262 g/mol. The summed E-state index contributed by atoms with van der Waals surface area (Å²) in [6.45, 7) is 0.167. The van der Waals surface area contributed by atoms with Crippen molar-refractivity contribution in [2.24, 2.45) is 5.92 Å². The number of aldehydes is 1. The van der Waals surface area contributed by atoms with Gasteiger partial charge in [0.2, 0.25) is 5.92 Å². The standard InChI is InChI=1S/C13H13ClF2O2/c14-11-3-1-2-10(7-17)12(11)18-8-9-4-5-13(15,16)6-9/h1-3,7,9H,4-6,8H2. The van der Waals surface area contributed by atoms with Crippen molar-refractivity contribution < 1.29 is 18.3 Å². The molecule has 0 aromatic heterocycles. The lowest BCUT2D eigenvalue weighted by Crippen LogP contribution is -2.14. The van der Waals surface area contributed by atoms with Crippen LogP contribution in [0.5, 0.6) is 5.75 Å². The minimum Gasteiger partial charge on any atom is -0.491 e. The average Bonchev–Trinajstić information content (AvgIpc) is 2.67. The first-order valence-electron chi connectivity index (χ1n) is 5.76. The molecule has 1 atom stereocenters. The molecule has 0 spiro atoms. The number of hydrogen-bond acceptors (Lipinski definition) is 2. The number of hydrogen-bond donors (Lipinski definition) is 0. The van der Waals surface area contributed by atoms with Gasteiger partial charge in [-0.3, -0.25) is 4.79 Å². The number of benzene rings is 1. The molecule has 0 heterocycles. The number of rotatable bonds is 4. The van der Waals surface area contributed by atoms with E-state index < -0.39 is 5.92 Å². The van der Waals surface area contributed by atoms with E-state index in [1.807, 2.05) is 0 Å². The maximum absolute atomic E-state index is 13.0. The smallest absolute Gasteiger partial charge is 0.248 e. The van der Waals surface area contributed by atoms with E-state index in [1.165, 1.54) is 0 Å². The molecule has 0 radical (unpaired) electrons. The predicted octanol–water partition coefficient (Wildman–Crippen LogP) is 3.97. The van der Waals surface area contributed by atoms with Gasteiger partial charge >= 0.3 is 0 Å². The number of halogens is 3. The highest BCUT2D eigenvalue weighted by atomic mass is 35.5. The van der Waals surface area contributed by atoms with Crippen molar-refractivity contribution in [3.05, 3.63) is 28.8 Å². The number of alkyl halides is 2. The molecule has 2 rings (SSSR count). The van der Waals surface area contributed by atoms with Gasteiger partial charge in [-0.15, -0.1) is 0 Å². The fraction of sp³-hybridized carbons (Fsp3) is 0.462. The molecule has 0 saturated heterocycles. The molecule has 1 aliphatic rings. The van der Waals surface area contributed by atoms with Crippen LogP contribution >= 0.6 is 11.6 Å². The largest absolute Gasteiger partial charge is 0.491 e. The zero-order chi connectivity index (χ0) is 13.2. The molecule has 0 aliphatic heterocycles. The summed E-state index contributed by atoms with van der Waals surface area (Å²) >= 11 is 5.92. The highest BCUT2D eigenvalue weighted by molar-refractivity contribution is 6.32. The number of para-hydroxylation sites is 1. The van der Waals surface area contributed by atoms with Gasteiger partial charge in [-0.2, -0.15) is 0 Å². The number of ether oxygens (including phenoxy) is 1. The normalized spacial score (nSPS) is 21.8. The second-order valence-electron chi connectivity index (χ2n) is 4.55. The fourth-order valence-corrected chi connectivity index (χ4v) is 2.39. The van der Waals surface area contributed by atoms with Crippen LogP contribution in [-0.2, 0) is 0 Å². The van der Waals surface area contributed by atoms with Crippen LogP contribution in [0.4, 0.5) is 8.78 Å². The van der Waals surface area contributed by atoms with Crippen LogP contribution in [-0.4, -0.2) is 18.8 Å². The van der Waals surface area contributed by atoms with Gasteiger partial charge in [-0.1, -0.05) is 17.7 Å². The zero-order valence-electron chi connectivity index (χ0n) is 9.67. The van der Waals surface area contributed by atoms with Gasteiger partial charge in [0, 0.05) is 12.8 Å². The monoisotopic (exact) mass is 274 g/mol. The Hall–Kier alpha value is -1.16. The van der Waals surface area contributed by atoms with Crippen molar-refractivity contribution in [3.8, 4) is 5.75 Å². The topological polar surface area (TPSA) is 26.3 Å². The minimum absolute atomic E-state index is 0.0932. The van der Waals surface area contributed by atoms with Gasteiger partial charge in [0.15, 0.2) is 6.29 Å². The van der Waals surface area contributed by atoms with E-state index in [-0.39, 0.29) is 31.1 Å². The second-order valence-corrected chi connectivity index (χ2v) is 4.96. The Labute approximate surface area is 109 Å². The molecular formula is C13H13ClF2O2. The summed E-state index contributed by atoms with van der Waals surface area (Å²) in [5.74, 6) is -2.48. The van der Waals surface area contributed by atoms with Gasteiger partial charge in [-0.25, -0.2) is 8.78 Å². The maximum atomic E-state index is 13.0. The summed E-state index contributed by atoms with van der Waals surface area (Å²) in [5.41, 5.74) is 0.340. The van der Waals surface area contributed by atoms with Gasteiger partial charge in [0.05, 0.1) is 17.2 Å². The van der Waals surface area contributed by atoms with E-state index in [1.54, 1.807) is 18.2 Å². The van der Waals surface area contributed by atoms with E-state index in [0.29, 0.717) is 23.3 Å². The first-order chi connectivity index (χ1) is 8.52. The molecule has 0 bridgehead atoms. The third kappa shape index (κ3) is 2.99. The Bertz CT molecular complexity index is 449. The first kappa shape index (κ1) is 13.3. The molecule has 0 amide bonds. The molecule has 1 unspecified atom stereocenters. The Morgan fingerprint density at radius 1 is 1.50 bits per heavy atom. The molecule has 1 fully saturated rings. The molecule has 1 saturated carbocycles. The highest BCUT2D eigenvalue weighted by Gasteiger charge is 2.39. The molecule has 5 heteroatoms. The Morgan fingerprint density at radius 2 is 2.28 bits per heavy atom. The van der Waals surface area contributed by atoms with Crippen molar-refractivity contribution in [1.82, 2.24) is 0 Å². The van der Waals surface area contributed by atoms with E-state index in [2.05, 4.69) is 0 Å². The first-order valence-corrected chi connectivity index (χ1v) is 6.14. The van der Waals surface area contributed by atoms with E-state index >= 15 is 0 Å². The summed E-state index contributed by atoms with van der Waals surface area (Å²) < 4.78 is 31.5. The molecule has 1 aromatic carbocycles. The summed E-state index contributed by atoms with van der Waals surface area (Å²) in [6, 6.07) is 4.83. The third-order valence-corrected chi connectivity index (χ3v) is 3.39. The van der Waals surface area contributed by atoms with E-state index in [0.717, 1.165) is 0 Å². The fourth-order valence-electron chi connectivity index (χ4n) is 2.16. The Kier molecular flexibility index (Phi) is 3.85. The van der Waals surface area contributed by atoms with Crippen molar-refractivity contribution in [2.75, 3.05) is 6.61 Å². The maximum Gasteiger partial charge on any atom is 0.248 e. The van der Waals surface area contributed by atoms with Crippen LogP contribution in [0.1, 0.15) is 29.6 Å². The van der Waals surface area contributed by atoms with E-state index in [4.69, 9.17) is 16.3 Å². The van der Waals surface area contributed by atoms with Crippen LogP contribution in [0.25, 0.3) is 0 Å². The number of carbonyl (C=O) groups is 1. The molecule has 98 valence electrons. The summed E-state index contributed by atoms with van der Waals surface area (Å²) in [4.78, 5) is 10.8. The lowest BCUT2D eigenvalue weighted by molar-refractivity contribution is 0.00290. The summed E-state index contributed by atoms with van der Waals surface area (Å²) in [5, 5.41) is 0.323. The van der Waals surface area contributed by atoms with Crippen molar-refractivity contribution >= 4 is 17.9 Å². The lowest BCUT2D eigenvalue weighted by atomic mass is 10.1. The van der Waals surface area contributed by atoms with Crippen molar-refractivity contribution in [2.45, 2.75) is 25.2 Å². The van der Waals surface area contributed by atoms with Crippen LogP contribution in [0.3, 0.4) is 0 Å². The molecule has 1 aliphatic carbocycles. The van der Waals surface area contributed by atoms with Gasteiger partial charge in [0.25, 0.3) is 0 Å². The van der Waals surface area contributed by atoms with Crippen molar-refractivity contribution in [3.63, 3.8) is 0 Å². The zero-order valence-corrected chi connectivity index (χ0v) is 10.4. The highest BCUT2D eigenvalue weighted by Crippen LogP contribution is 2.39. The SMILES string of the molecule is O=Cc1cccc(Cl)c1OCC1CCC(F)(F)C1. The molecule has 18 heavy (non-hydrogen) atoms. The van der Waals surface area contributed by atoms with Crippen LogP contribution in [0.2, 0.25) is 5.02 Å². The minimum atomic E-state index is -2.58. The third-order valence-electron chi connectivity index (χ3n) is 3.09. The predicted molar refractivity (Wildman–Crippen MR) is 64.6 cm³/mol. The van der Waals surface area contributed by atoms with E-state index in [9.17, 15) is 13.6 Å². The van der Waals surface area contributed by atoms with Crippen LogP contribution in [0.15, 0.2) is 18.2 Å². The van der Waals surface area contributed by atoms with Gasteiger partial charge in [-0.05, 0) is 24.5 Å². The second kappa shape index (κ2) is 5.22. The molecule has 1 aromatic rings. The quantitative estimate of drug-likeness (QED) is 0.777. The number of carbonyl (C=O) groups excluding carboxylic acids is 1.